The van der Waals surface area contributed by atoms with Gasteiger partial charge in [0.25, 0.3) is 0 Å². The molecule has 1 saturated heterocycles. The van der Waals surface area contributed by atoms with Crippen molar-refractivity contribution in [3.8, 4) is 0 Å². The Morgan fingerprint density at radius 1 is 1.24 bits per heavy atom. The number of rotatable bonds is 6. The maximum absolute atomic E-state index is 14.1. The summed E-state index contributed by atoms with van der Waals surface area (Å²) < 4.78 is 14.1. The SMILES string of the molecule is CCc1ncnc(NCCN2CCN(C(=O)C3CCCC3)CC2)c1F. The lowest BCUT2D eigenvalue weighted by Gasteiger charge is -2.36. The standard InChI is InChI=1S/C18H28FN5O/c1-2-15-16(19)17(22-13-21-15)20-7-8-23-9-11-24(12-10-23)18(25)14-5-3-4-6-14/h13-14H,2-12H2,1H3,(H,20,21,22). The quantitative estimate of drug-likeness (QED) is 0.850. The van der Waals surface area contributed by atoms with Crippen molar-refractivity contribution in [2.24, 2.45) is 5.92 Å². The summed E-state index contributed by atoms with van der Waals surface area (Å²) in [5.41, 5.74) is 0.441. The molecule has 2 fully saturated rings. The van der Waals surface area contributed by atoms with Crippen molar-refractivity contribution in [3.63, 3.8) is 0 Å². The molecule has 1 aliphatic carbocycles. The zero-order chi connectivity index (χ0) is 17.6. The molecule has 3 rings (SSSR count). The van der Waals surface area contributed by atoms with E-state index in [9.17, 15) is 9.18 Å². The fourth-order valence-electron chi connectivity index (χ4n) is 3.73. The first-order valence-electron chi connectivity index (χ1n) is 9.43. The van der Waals surface area contributed by atoms with Crippen molar-refractivity contribution in [2.75, 3.05) is 44.6 Å². The van der Waals surface area contributed by atoms with E-state index in [1.54, 1.807) is 0 Å². The second kappa shape index (κ2) is 8.56. The van der Waals surface area contributed by atoms with Crippen molar-refractivity contribution in [1.29, 1.82) is 0 Å². The molecule has 1 aromatic rings. The average molecular weight is 349 g/mol. The van der Waals surface area contributed by atoms with Gasteiger partial charge in [0, 0.05) is 45.2 Å². The molecule has 25 heavy (non-hydrogen) atoms. The Morgan fingerprint density at radius 2 is 1.96 bits per heavy atom. The number of aromatic nitrogens is 2. The molecule has 0 bridgehead atoms. The molecule has 2 aliphatic rings. The Kier molecular flexibility index (Phi) is 6.18. The van der Waals surface area contributed by atoms with E-state index in [1.807, 2.05) is 11.8 Å². The molecule has 0 spiro atoms. The second-order valence-electron chi connectivity index (χ2n) is 6.91. The van der Waals surface area contributed by atoms with E-state index < -0.39 is 0 Å². The maximum atomic E-state index is 14.1. The van der Waals surface area contributed by atoms with Crippen LogP contribution in [0.2, 0.25) is 0 Å². The van der Waals surface area contributed by atoms with Gasteiger partial charge < -0.3 is 10.2 Å². The minimum atomic E-state index is -0.350. The number of nitrogens with zero attached hydrogens (tertiary/aromatic N) is 4. The predicted octanol–water partition coefficient (Wildman–Crippen LogP) is 1.92. The van der Waals surface area contributed by atoms with Gasteiger partial charge in [-0.05, 0) is 19.3 Å². The monoisotopic (exact) mass is 349 g/mol. The third-order valence-electron chi connectivity index (χ3n) is 5.31. The molecule has 1 amide bonds. The largest absolute Gasteiger partial charge is 0.366 e. The van der Waals surface area contributed by atoms with Crippen LogP contribution in [0.15, 0.2) is 6.33 Å². The first-order chi connectivity index (χ1) is 12.2. The number of piperazine rings is 1. The Labute approximate surface area is 148 Å². The smallest absolute Gasteiger partial charge is 0.225 e. The lowest BCUT2D eigenvalue weighted by atomic mass is 10.1. The van der Waals surface area contributed by atoms with E-state index in [2.05, 4.69) is 20.2 Å². The Balaban J connectivity index is 1.40. The van der Waals surface area contributed by atoms with Crippen LogP contribution in [0.3, 0.4) is 0 Å². The molecule has 7 heteroatoms. The summed E-state index contributed by atoms with van der Waals surface area (Å²) in [4.78, 5) is 24.7. The minimum Gasteiger partial charge on any atom is -0.366 e. The fraction of sp³-hybridized carbons (Fsp3) is 0.722. The maximum Gasteiger partial charge on any atom is 0.225 e. The molecule has 0 radical (unpaired) electrons. The normalized spacial score (nSPS) is 19.4. The highest BCUT2D eigenvalue weighted by Crippen LogP contribution is 2.26. The van der Waals surface area contributed by atoms with Crippen molar-refractivity contribution in [2.45, 2.75) is 39.0 Å². The zero-order valence-corrected chi connectivity index (χ0v) is 15.0. The van der Waals surface area contributed by atoms with Gasteiger partial charge in [-0.25, -0.2) is 14.4 Å². The molecule has 1 N–H and O–H groups in total. The summed E-state index contributed by atoms with van der Waals surface area (Å²) >= 11 is 0. The number of amides is 1. The van der Waals surface area contributed by atoms with Gasteiger partial charge >= 0.3 is 0 Å². The summed E-state index contributed by atoms with van der Waals surface area (Å²) in [6.45, 7) is 6.69. The molecule has 0 unspecified atom stereocenters. The van der Waals surface area contributed by atoms with E-state index >= 15 is 0 Å². The number of carbonyl (C=O) groups is 1. The van der Waals surface area contributed by atoms with E-state index in [4.69, 9.17) is 0 Å². The third-order valence-corrected chi connectivity index (χ3v) is 5.31. The number of nitrogens with one attached hydrogen (secondary N) is 1. The van der Waals surface area contributed by atoms with Gasteiger partial charge in [-0.15, -0.1) is 0 Å². The van der Waals surface area contributed by atoms with Crippen LogP contribution in [-0.2, 0) is 11.2 Å². The highest BCUT2D eigenvalue weighted by atomic mass is 19.1. The summed E-state index contributed by atoms with van der Waals surface area (Å²) in [6.07, 6.45) is 6.47. The van der Waals surface area contributed by atoms with Crippen LogP contribution in [-0.4, -0.2) is 64.9 Å². The Morgan fingerprint density at radius 3 is 2.64 bits per heavy atom. The van der Waals surface area contributed by atoms with Crippen molar-refractivity contribution in [3.05, 3.63) is 17.8 Å². The van der Waals surface area contributed by atoms with Gasteiger partial charge in [-0.1, -0.05) is 19.8 Å². The Hall–Kier alpha value is -1.76. The molecule has 138 valence electrons. The number of halogens is 1. The first-order valence-corrected chi connectivity index (χ1v) is 9.43. The van der Waals surface area contributed by atoms with Gasteiger partial charge in [0.05, 0.1) is 5.69 Å². The summed E-state index contributed by atoms with van der Waals surface area (Å²) in [5, 5.41) is 3.07. The van der Waals surface area contributed by atoms with Crippen molar-refractivity contribution >= 4 is 11.7 Å². The van der Waals surface area contributed by atoms with Gasteiger partial charge in [0.15, 0.2) is 11.6 Å². The molecule has 0 aromatic carbocycles. The summed E-state index contributed by atoms with van der Waals surface area (Å²) in [6, 6.07) is 0. The first kappa shape index (κ1) is 18.0. The van der Waals surface area contributed by atoms with Gasteiger partial charge in [-0.2, -0.15) is 0 Å². The minimum absolute atomic E-state index is 0.265. The molecule has 6 nitrogen and oxygen atoms in total. The van der Waals surface area contributed by atoms with Crippen LogP contribution in [0.5, 0.6) is 0 Å². The van der Waals surface area contributed by atoms with E-state index in [1.165, 1.54) is 19.2 Å². The highest BCUT2D eigenvalue weighted by molar-refractivity contribution is 5.79. The number of hydrogen-bond donors (Lipinski definition) is 1. The zero-order valence-electron chi connectivity index (χ0n) is 15.0. The summed E-state index contributed by atoms with van der Waals surface area (Å²) in [7, 11) is 0. The number of anilines is 1. The Bertz CT molecular complexity index is 583. The molecule has 0 atom stereocenters. The van der Waals surface area contributed by atoms with Crippen molar-refractivity contribution in [1.82, 2.24) is 19.8 Å². The molecule has 1 saturated carbocycles. The van der Waals surface area contributed by atoms with Crippen LogP contribution in [0.1, 0.15) is 38.3 Å². The number of hydrogen-bond acceptors (Lipinski definition) is 5. The topological polar surface area (TPSA) is 61.4 Å². The van der Waals surface area contributed by atoms with Crippen molar-refractivity contribution < 1.29 is 9.18 Å². The van der Waals surface area contributed by atoms with Crippen LogP contribution >= 0.6 is 0 Å². The molecule has 1 aromatic heterocycles. The molecular weight excluding hydrogens is 321 g/mol. The fourth-order valence-corrected chi connectivity index (χ4v) is 3.73. The van der Waals surface area contributed by atoms with Gasteiger partial charge in [0.2, 0.25) is 5.91 Å². The van der Waals surface area contributed by atoms with E-state index in [0.717, 1.165) is 45.6 Å². The van der Waals surface area contributed by atoms with E-state index in [0.29, 0.717) is 24.6 Å². The molecular formula is C18H28FN5O. The molecule has 2 heterocycles. The van der Waals surface area contributed by atoms with Crippen LogP contribution in [0.4, 0.5) is 10.2 Å². The van der Waals surface area contributed by atoms with Crippen LogP contribution in [0, 0.1) is 11.7 Å². The second-order valence-corrected chi connectivity index (χ2v) is 6.91. The summed E-state index contributed by atoms with van der Waals surface area (Å²) in [5.74, 6) is 0.547. The van der Waals surface area contributed by atoms with Gasteiger partial charge in [0.1, 0.15) is 6.33 Å². The predicted molar refractivity (Wildman–Crippen MR) is 94.8 cm³/mol. The lowest BCUT2D eigenvalue weighted by Crippen LogP contribution is -2.50. The number of aryl methyl sites for hydroxylation is 1. The van der Waals surface area contributed by atoms with Gasteiger partial charge in [-0.3, -0.25) is 9.69 Å². The van der Waals surface area contributed by atoms with E-state index in [-0.39, 0.29) is 17.6 Å². The van der Waals surface area contributed by atoms with Crippen LogP contribution in [0.25, 0.3) is 0 Å². The highest BCUT2D eigenvalue weighted by Gasteiger charge is 2.29. The lowest BCUT2D eigenvalue weighted by molar-refractivity contribution is -0.137. The van der Waals surface area contributed by atoms with Crippen LogP contribution < -0.4 is 5.32 Å². The molecule has 1 aliphatic heterocycles. The third kappa shape index (κ3) is 4.45. The average Bonchev–Trinajstić information content (AvgIpc) is 3.18. The number of carbonyl (C=O) groups excluding carboxylic acids is 1.